The lowest BCUT2D eigenvalue weighted by molar-refractivity contribution is 0.0935. The summed E-state index contributed by atoms with van der Waals surface area (Å²) < 4.78 is 10.3. The van der Waals surface area contributed by atoms with E-state index >= 15 is 0 Å². The monoisotopic (exact) mass is 313 g/mol. The number of rotatable bonds is 4. The van der Waals surface area contributed by atoms with Crippen LogP contribution in [0.1, 0.15) is 29.1 Å². The third-order valence-corrected chi connectivity index (χ3v) is 3.34. The Balaban J connectivity index is 2.17. The maximum absolute atomic E-state index is 12.1. The Hall–Kier alpha value is -1.65. The molecule has 1 aromatic heterocycles. The number of carbonyl (C=O) groups is 1. The highest BCUT2D eigenvalue weighted by atomic mass is 35.5. The van der Waals surface area contributed by atoms with Gasteiger partial charge in [0.2, 0.25) is 0 Å². The lowest BCUT2D eigenvalue weighted by atomic mass is 10.1. The number of hydrogen-bond acceptors (Lipinski definition) is 3. The van der Waals surface area contributed by atoms with Crippen LogP contribution < -0.4 is 10.1 Å². The molecule has 0 saturated heterocycles. The maximum Gasteiger partial charge on any atom is 0.251 e. The number of furan rings is 1. The Morgan fingerprint density at radius 1 is 1.35 bits per heavy atom. The highest BCUT2D eigenvalue weighted by Crippen LogP contribution is 2.33. The molecule has 1 heterocycles. The molecule has 6 heteroatoms. The normalized spacial score (nSPS) is 12.0. The van der Waals surface area contributed by atoms with Crippen LogP contribution in [0, 0.1) is 0 Å². The molecule has 1 aromatic carbocycles. The molecular formula is C14H13Cl2NO3. The zero-order chi connectivity index (χ0) is 14.7. The first-order chi connectivity index (χ1) is 9.52. The van der Waals surface area contributed by atoms with Crippen LogP contribution in [0.2, 0.25) is 10.0 Å². The molecule has 1 amide bonds. The van der Waals surface area contributed by atoms with E-state index in [1.807, 2.05) is 6.92 Å². The smallest absolute Gasteiger partial charge is 0.251 e. The lowest BCUT2D eigenvalue weighted by Crippen LogP contribution is -2.26. The van der Waals surface area contributed by atoms with E-state index in [0.29, 0.717) is 17.1 Å². The first-order valence-corrected chi connectivity index (χ1v) is 6.65. The second-order valence-corrected chi connectivity index (χ2v) is 5.00. The van der Waals surface area contributed by atoms with Gasteiger partial charge in [-0.15, -0.1) is 0 Å². The van der Waals surface area contributed by atoms with Gasteiger partial charge in [-0.1, -0.05) is 23.2 Å². The molecular weight excluding hydrogens is 301 g/mol. The van der Waals surface area contributed by atoms with E-state index in [1.165, 1.54) is 19.2 Å². The fourth-order valence-electron chi connectivity index (χ4n) is 1.77. The fraction of sp³-hybridized carbons (Fsp3) is 0.214. The number of ether oxygens (including phenoxy) is 1. The topological polar surface area (TPSA) is 51.5 Å². The van der Waals surface area contributed by atoms with Gasteiger partial charge in [0.15, 0.2) is 5.75 Å². The van der Waals surface area contributed by atoms with E-state index in [0.717, 1.165) is 0 Å². The van der Waals surface area contributed by atoms with E-state index in [1.54, 1.807) is 18.4 Å². The number of benzene rings is 1. The molecule has 1 atom stereocenters. The van der Waals surface area contributed by atoms with E-state index < -0.39 is 0 Å². The van der Waals surface area contributed by atoms with Crippen molar-refractivity contribution in [3.05, 3.63) is 51.9 Å². The average Bonchev–Trinajstić information content (AvgIpc) is 2.92. The van der Waals surface area contributed by atoms with Crippen molar-refractivity contribution in [3.8, 4) is 5.75 Å². The number of methoxy groups -OCH3 is 1. The minimum absolute atomic E-state index is 0.253. The molecule has 106 valence electrons. The highest BCUT2D eigenvalue weighted by Gasteiger charge is 2.16. The van der Waals surface area contributed by atoms with Crippen molar-refractivity contribution >= 4 is 29.1 Å². The summed E-state index contributed by atoms with van der Waals surface area (Å²) in [7, 11) is 1.46. The molecule has 2 rings (SSSR count). The Bertz CT molecular complexity index is 588. The molecule has 0 aliphatic heterocycles. The van der Waals surface area contributed by atoms with Gasteiger partial charge in [-0.05, 0) is 31.2 Å². The van der Waals surface area contributed by atoms with Crippen molar-refractivity contribution in [1.82, 2.24) is 5.32 Å². The second kappa shape index (κ2) is 6.20. The van der Waals surface area contributed by atoms with Gasteiger partial charge in [-0.2, -0.15) is 0 Å². The van der Waals surface area contributed by atoms with E-state index in [9.17, 15) is 4.79 Å². The molecule has 0 bridgehead atoms. The van der Waals surface area contributed by atoms with Crippen LogP contribution in [-0.4, -0.2) is 13.0 Å². The first-order valence-electron chi connectivity index (χ1n) is 5.90. The van der Waals surface area contributed by atoms with Gasteiger partial charge in [0.05, 0.1) is 29.5 Å². The fourth-order valence-corrected chi connectivity index (χ4v) is 2.42. The summed E-state index contributed by atoms with van der Waals surface area (Å²) in [5, 5.41) is 3.38. The zero-order valence-corrected chi connectivity index (χ0v) is 12.5. The predicted molar refractivity (Wildman–Crippen MR) is 77.6 cm³/mol. The number of amides is 1. The quantitative estimate of drug-likeness (QED) is 0.925. The Morgan fingerprint density at radius 2 is 2.00 bits per heavy atom. The van der Waals surface area contributed by atoms with Crippen LogP contribution in [0.3, 0.4) is 0 Å². The standard InChI is InChI=1S/C14H13Cl2NO3/c1-8(12-4-3-5-20-12)17-14(18)9-6-10(15)13(19-2)11(16)7-9/h3-8H,1-2H3,(H,17,18)/t8-/m0/s1. The van der Waals surface area contributed by atoms with Crippen molar-refractivity contribution < 1.29 is 13.9 Å². The number of nitrogens with one attached hydrogen (secondary N) is 1. The predicted octanol–water partition coefficient (Wildman–Crippen LogP) is 4.09. The Labute approximate surface area is 126 Å². The van der Waals surface area contributed by atoms with Crippen molar-refractivity contribution in [2.45, 2.75) is 13.0 Å². The molecule has 0 unspecified atom stereocenters. The van der Waals surface area contributed by atoms with Crippen LogP contribution in [0.5, 0.6) is 5.75 Å². The van der Waals surface area contributed by atoms with Crippen molar-refractivity contribution in [2.75, 3.05) is 7.11 Å². The molecule has 0 radical (unpaired) electrons. The average molecular weight is 314 g/mol. The Kier molecular flexibility index (Phi) is 4.57. The van der Waals surface area contributed by atoms with Gasteiger partial charge in [-0.25, -0.2) is 0 Å². The summed E-state index contributed by atoms with van der Waals surface area (Å²) >= 11 is 12.0. The van der Waals surface area contributed by atoms with Crippen LogP contribution in [-0.2, 0) is 0 Å². The lowest BCUT2D eigenvalue weighted by Gasteiger charge is -2.13. The molecule has 0 saturated carbocycles. The summed E-state index contributed by atoms with van der Waals surface area (Å²) in [6, 6.07) is 6.32. The number of hydrogen-bond donors (Lipinski definition) is 1. The van der Waals surface area contributed by atoms with Crippen LogP contribution in [0.15, 0.2) is 34.9 Å². The van der Waals surface area contributed by atoms with Gasteiger partial charge >= 0.3 is 0 Å². The van der Waals surface area contributed by atoms with E-state index in [2.05, 4.69) is 5.32 Å². The van der Waals surface area contributed by atoms with Crippen LogP contribution in [0.4, 0.5) is 0 Å². The van der Waals surface area contributed by atoms with E-state index in [-0.39, 0.29) is 22.0 Å². The van der Waals surface area contributed by atoms with Crippen molar-refractivity contribution in [1.29, 1.82) is 0 Å². The molecule has 1 N–H and O–H groups in total. The zero-order valence-electron chi connectivity index (χ0n) is 10.9. The summed E-state index contributed by atoms with van der Waals surface area (Å²) in [5.74, 6) is 0.730. The minimum Gasteiger partial charge on any atom is -0.494 e. The first kappa shape index (κ1) is 14.8. The summed E-state index contributed by atoms with van der Waals surface area (Å²) in [6.07, 6.45) is 1.55. The highest BCUT2D eigenvalue weighted by molar-refractivity contribution is 6.37. The molecule has 4 nitrogen and oxygen atoms in total. The van der Waals surface area contributed by atoms with E-state index in [4.69, 9.17) is 32.4 Å². The van der Waals surface area contributed by atoms with Gasteiger partial charge in [0.1, 0.15) is 5.76 Å². The van der Waals surface area contributed by atoms with Gasteiger partial charge in [-0.3, -0.25) is 4.79 Å². The Morgan fingerprint density at radius 3 is 2.50 bits per heavy atom. The minimum atomic E-state index is -0.291. The third-order valence-electron chi connectivity index (χ3n) is 2.78. The second-order valence-electron chi connectivity index (χ2n) is 4.18. The summed E-state index contributed by atoms with van der Waals surface area (Å²) in [5.41, 5.74) is 0.360. The molecule has 0 aliphatic rings. The summed E-state index contributed by atoms with van der Waals surface area (Å²) in [6.45, 7) is 1.82. The van der Waals surface area contributed by atoms with Crippen LogP contribution >= 0.6 is 23.2 Å². The van der Waals surface area contributed by atoms with Gasteiger partial charge in [0.25, 0.3) is 5.91 Å². The summed E-state index contributed by atoms with van der Waals surface area (Å²) in [4.78, 5) is 12.1. The third kappa shape index (κ3) is 3.08. The molecule has 0 fully saturated rings. The van der Waals surface area contributed by atoms with Gasteiger partial charge < -0.3 is 14.5 Å². The van der Waals surface area contributed by atoms with Crippen molar-refractivity contribution in [2.24, 2.45) is 0 Å². The van der Waals surface area contributed by atoms with Crippen molar-refractivity contribution in [3.63, 3.8) is 0 Å². The molecule has 0 aliphatic carbocycles. The molecule has 0 spiro atoms. The molecule has 20 heavy (non-hydrogen) atoms. The van der Waals surface area contributed by atoms with Gasteiger partial charge in [0, 0.05) is 5.56 Å². The number of halogens is 2. The number of carbonyl (C=O) groups excluding carboxylic acids is 1. The van der Waals surface area contributed by atoms with Crippen LogP contribution in [0.25, 0.3) is 0 Å². The SMILES string of the molecule is COc1c(Cl)cc(C(=O)N[C@@H](C)c2ccco2)cc1Cl. The molecule has 2 aromatic rings. The maximum atomic E-state index is 12.1. The largest absolute Gasteiger partial charge is 0.494 e.